The van der Waals surface area contributed by atoms with Crippen LogP contribution >= 0.6 is 12.2 Å². The second-order valence-electron chi connectivity index (χ2n) is 11.0. The lowest BCUT2D eigenvalue weighted by atomic mass is 9.78. The van der Waals surface area contributed by atoms with E-state index in [0.29, 0.717) is 5.56 Å². The van der Waals surface area contributed by atoms with Crippen LogP contribution in [-0.4, -0.2) is 44.4 Å². The number of rotatable bonds is 1. The van der Waals surface area contributed by atoms with E-state index in [0.717, 1.165) is 11.1 Å². The van der Waals surface area contributed by atoms with Gasteiger partial charge in [-0.1, -0.05) is 41.5 Å². The van der Waals surface area contributed by atoms with Crippen LogP contribution in [0, 0.1) is 0 Å². The van der Waals surface area contributed by atoms with E-state index in [1.54, 1.807) is 13.1 Å². The second kappa shape index (κ2) is 7.49. The van der Waals surface area contributed by atoms with Gasteiger partial charge in [-0.05, 0) is 67.6 Å². The topological polar surface area (TPSA) is 60.9 Å². The highest BCUT2D eigenvalue weighted by Crippen LogP contribution is 2.40. The van der Waals surface area contributed by atoms with E-state index in [-0.39, 0.29) is 27.3 Å². The summed E-state index contributed by atoms with van der Waals surface area (Å²) >= 11 is 5.38. The van der Waals surface area contributed by atoms with Crippen LogP contribution in [0.4, 0.5) is 0 Å². The minimum atomic E-state index is -0.565. The normalized spacial score (nSPS) is 17.9. The van der Waals surface area contributed by atoms with Crippen molar-refractivity contribution in [3.63, 3.8) is 0 Å². The summed E-state index contributed by atoms with van der Waals surface area (Å²) in [5, 5.41) is 11.1. The van der Waals surface area contributed by atoms with Gasteiger partial charge in [-0.3, -0.25) is 19.4 Å². The third-order valence-corrected chi connectivity index (χ3v) is 5.63. The molecule has 0 radical (unpaired) electrons. The highest BCUT2D eigenvalue weighted by molar-refractivity contribution is 7.80. The number of nitrogens with zero attached hydrogens (tertiary/aromatic N) is 2. The molecule has 5 nitrogen and oxygen atoms in total. The molecule has 164 valence electrons. The average molecular weight is 431 g/mol. The summed E-state index contributed by atoms with van der Waals surface area (Å²) in [6.45, 7) is 17.8. The first-order chi connectivity index (χ1) is 13.4. The summed E-state index contributed by atoms with van der Waals surface area (Å²) < 4.78 is 0. The van der Waals surface area contributed by atoms with Crippen LogP contribution in [0.2, 0.25) is 0 Å². The van der Waals surface area contributed by atoms with Crippen molar-refractivity contribution in [3.05, 3.63) is 34.4 Å². The first-order valence-corrected chi connectivity index (χ1v) is 10.5. The number of carbonyl (C=O) groups is 2. The average Bonchev–Trinajstić information content (AvgIpc) is 2.54. The van der Waals surface area contributed by atoms with E-state index in [1.807, 2.05) is 74.4 Å². The van der Waals surface area contributed by atoms with Gasteiger partial charge in [0, 0.05) is 23.7 Å². The highest BCUT2D eigenvalue weighted by atomic mass is 32.1. The molecule has 1 N–H and O–H groups in total. The largest absolute Gasteiger partial charge is 0.507 e. The Labute approximate surface area is 185 Å². The first kappa shape index (κ1) is 24.1. The molecule has 0 aromatic heterocycles. The fourth-order valence-corrected chi connectivity index (χ4v) is 3.92. The summed E-state index contributed by atoms with van der Waals surface area (Å²) in [5.41, 5.74) is 1.12. The first-order valence-electron chi connectivity index (χ1n) is 10.1. The number of phenolic OH excluding ortho intramolecular Hbond substituents is 1. The monoisotopic (exact) mass is 430 g/mol. The van der Waals surface area contributed by atoms with Gasteiger partial charge < -0.3 is 5.11 Å². The van der Waals surface area contributed by atoms with Gasteiger partial charge >= 0.3 is 0 Å². The van der Waals surface area contributed by atoms with Crippen LogP contribution in [-0.2, 0) is 20.4 Å². The second-order valence-corrected chi connectivity index (χ2v) is 11.3. The summed E-state index contributed by atoms with van der Waals surface area (Å²) in [7, 11) is 1.58. The van der Waals surface area contributed by atoms with Crippen molar-refractivity contribution in [1.29, 1.82) is 0 Å². The zero-order valence-electron chi connectivity index (χ0n) is 19.8. The molecule has 1 saturated heterocycles. The van der Waals surface area contributed by atoms with Crippen molar-refractivity contribution in [1.82, 2.24) is 9.80 Å². The molecule has 0 spiro atoms. The van der Waals surface area contributed by atoms with E-state index in [1.165, 1.54) is 9.80 Å². The van der Waals surface area contributed by atoms with Gasteiger partial charge in [0.25, 0.3) is 11.8 Å². The molecule has 1 aliphatic heterocycles. The van der Waals surface area contributed by atoms with Crippen LogP contribution in [0.5, 0.6) is 5.75 Å². The number of phenols is 1. The van der Waals surface area contributed by atoms with Crippen molar-refractivity contribution >= 4 is 35.2 Å². The van der Waals surface area contributed by atoms with Gasteiger partial charge in [0.05, 0.1) is 0 Å². The van der Waals surface area contributed by atoms with Crippen molar-refractivity contribution in [2.75, 3.05) is 7.05 Å². The number of thiocarbonyl (C=S) groups is 1. The molecule has 1 fully saturated rings. The maximum absolute atomic E-state index is 13.2. The predicted molar refractivity (Wildman–Crippen MR) is 125 cm³/mol. The lowest BCUT2D eigenvalue weighted by Gasteiger charge is -2.42. The van der Waals surface area contributed by atoms with Crippen molar-refractivity contribution in [3.8, 4) is 5.75 Å². The number of carbonyl (C=O) groups excluding carboxylic acids is 2. The molecule has 0 aliphatic carbocycles. The summed E-state index contributed by atoms with van der Waals surface area (Å²) in [5.74, 6) is -0.570. The smallest absolute Gasteiger partial charge is 0.266 e. The maximum Gasteiger partial charge on any atom is 0.266 e. The number of benzene rings is 1. The Kier molecular flexibility index (Phi) is 6.00. The summed E-state index contributed by atoms with van der Waals surface area (Å²) in [6, 6.07) is 3.71. The molecule has 2 rings (SSSR count). The van der Waals surface area contributed by atoms with E-state index >= 15 is 0 Å². The molecule has 1 heterocycles. The SMILES string of the molecule is CN1C(=O)/C(=C/c2cc(C(C)(C)C)c(O)c(C(C)(C)C)c2)C(=O)N(C(C)(C)C)C1=S. The van der Waals surface area contributed by atoms with Gasteiger partial charge in [0.15, 0.2) is 5.11 Å². The maximum atomic E-state index is 13.2. The van der Waals surface area contributed by atoms with Crippen LogP contribution in [0.3, 0.4) is 0 Å². The van der Waals surface area contributed by atoms with Crippen LogP contribution in [0.25, 0.3) is 6.08 Å². The molecule has 1 aromatic rings. The third-order valence-electron chi connectivity index (χ3n) is 5.18. The van der Waals surface area contributed by atoms with Gasteiger partial charge in [0.2, 0.25) is 0 Å². The lowest BCUT2D eigenvalue weighted by Crippen LogP contribution is -2.60. The van der Waals surface area contributed by atoms with Crippen LogP contribution in [0.1, 0.15) is 79.0 Å². The molecule has 6 heteroatoms. The molecular weight excluding hydrogens is 396 g/mol. The Morgan fingerprint density at radius 3 is 1.67 bits per heavy atom. The molecule has 1 aliphatic rings. The van der Waals surface area contributed by atoms with E-state index in [2.05, 4.69) is 0 Å². The van der Waals surface area contributed by atoms with Crippen molar-refractivity contribution in [2.45, 2.75) is 78.7 Å². The molecule has 0 atom stereocenters. The summed E-state index contributed by atoms with van der Waals surface area (Å²) in [6.07, 6.45) is 1.62. The Bertz CT molecular complexity index is 906. The van der Waals surface area contributed by atoms with E-state index in [9.17, 15) is 14.7 Å². The lowest BCUT2D eigenvalue weighted by molar-refractivity contribution is -0.135. The zero-order valence-corrected chi connectivity index (χ0v) is 20.6. The summed E-state index contributed by atoms with van der Waals surface area (Å²) in [4.78, 5) is 29.0. The molecule has 2 amide bonds. The fourth-order valence-electron chi connectivity index (χ4n) is 3.48. The van der Waals surface area contributed by atoms with E-state index < -0.39 is 17.4 Å². The van der Waals surface area contributed by atoms with Gasteiger partial charge in [-0.25, -0.2) is 0 Å². The number of likely N-dealkylation sites (N-methyl/N-ethyl adjacent to an activating group) is 1. The van der Waals surface area contributed by atoms with Gasteiger partial charge in [-0.2, -0.15) is 0 Å². The predicted octanol–water partition coefficient (Wildman–Crippen LogP) is 4.75. The van der Waals surface area contributed by atoms with Crippen LogP contribution in [0.15, 0.2) is 17.7 Å². The quantitative estimate of drug-likeness (QED) is 0.397. The molecule has 0 unspecified atom stereocenters. The molecular formula is C24H34N2O3S. The minimum Gasteiger partial charge on any atom is -0.507 e. The number of aromatic hydroxyl groups is 1. The Morgan fingerprint density at radius 2 is 1.30 bits per heavy atom. The minimum absolute atomic E-state index is 0.0615. The molecule has 1 aromatic carbocycles. The number of hydrogen-bond donors (Lipinski definition) is 1. The van der Waals surface area contributed by atoms with Crippen molar-refractivity contribution in [2.24, 2.45) is 0 Å². The zero-order chi connectivity index (χ0) is 23.4. The van der Waals surface area contributed by atoms with Crippen molar-refractivity contribution < 1.29 is 14.7 Å². The third kappa shape index (κ3) is 4.43. The number of amides is 2. The molecule has 0 saturated carbocycles. The van der Waals surface area contributed by atoms with Gasteiger partial charge in [-0.15, -0.1) is 0 Å². The fraction of sp³-hybridized carbons (Fsp3) is 0.542. The Hall–Kier alpha value is -2.21. The number of hydrogen-bond acceptors (Lipinski definition) is 4. The highest BCUT2D eigenvalue weighted by Gasteiger charge is 2.42. The van der Waals surface area contributed by atoms with Crippen LogP contribution < -0.4 is 0 Å². The Morgan fingerprint density at radius 1 is 0.867 bits per heavy atom. The van der Waals surface area contributed by atoms with Gasteiger partial charge in [0.1, 0.15) is 11.3 Å². The van der Waals surface area contributed by atoms with E-state index in [4.69, 9.17) is 12.2 Å². The molecule has 30 heavy (non-hydrogen) atoms. The standard InChI is InChI=1S/C24H34N2O3S/c1-22(2,3)16-12-14(13-17(18(16)27)23(4,5)6)11-15-19(28)25(10)21(30)26(20(15)29)24(7,8)9/h11-13,27H,1-10H3/b15-11-. The molecule has 0 bridgehead atoms. The Balaban J connectivity index is 2.76.